The first kappa shape index (κ1) is 14.3. The summed E-state index contributed by atoms with van der Waals surface area (Å²) in [5, 5.41) is -0.467. The van der Waals surface area contributed by atoms with Crippen molar-refractivity contribution in [3.63, 3.8) is 0 Å². The average molecular weight is 296 g/mol. The number of hydrogen-bond donors (Lipinski definition) is 0. The van der Waals surface area contributed by atoms with Crippen LogP contribution in [-0.4, -0.2) is 41.1 Å². The third-order valence-corrected chi connectivity index (χ3v) is 2.99. The summed E-state index contributed by atoms with van der Waals surface area (Å²) in [7, 11) is 0. The molecule has 0 N–H and O–H groups in total. The van der Waals surface area contributed by atoms with Crippen molar-refractivity contribution >= 4 is 11.6 Å². The summed E-state index contributed by atoms with van der Waals surface area (Å²) < 4.78 is 42.7. The predicted molar refractivity (Wildman–Crippen MR) is 63.2 cm³/mol. The van der Waals surface area contributed by atoms with Crippen molar-refractivity contribution in [3.05, 3.63) is 17.0 Å². The predicted octanol–water partition coefficient (Wildman–Crippen LogP) is 2.62. The van der Waals surface area contributed by atoms with Crippen LogP contribution < -0.4 is 4.74 Å². The SMILES string of the molecule is FC(F)(F)c1cc(OCCN2CCCC2)nc(Cl)n1. The number of ether oxygens (including phenoxy) is 1. The molecule has 0 aromatic carbocycles. The van der Waals surface area contributed by atoms with Crippen molar-refractivity contribution < 1.29 is 17.9 Å². The lowest BCUT2D eigenvalue weighted by molar-refractivity contribution is -0.141. The molecule has 0 bridgehead atoms. The van der Waals surface area contributed by atoms with Gasteiger partial charge in [-0.3, -0.25) is 4.90 Å². The fourth-order valence-corrected chi connectivity index (χ4v) is 2.08. The van der Waals surface area contributed by atoms with Crippen LogP contribution in [-0.2, 0) is 6.18 Å². The minimum Gasteiger partial charge on any atom is -0.476 e. The van der Waals surface area contributed by atoms with Gasteiger partial charge < -0.3 is 4.74 Å². The number of likely N-dealkylation sites (tertiary alicyclic amines) is 1. The Bertz CT molecular complexity index is 436. The van der Waals surface area contributed by atoms with E-state index in [2.05, 4.69) is 14.9 Å². The van der Waals surface area contributed by atoms with Crippen molar-refractivity contribution in [2.24, 2.45) is 0 Å². The molecule has 0 radical (unpaired) electrons. The Kier molecular flexibility index (Phi) is 4.46. The molecule has 19 heavy (non-hydrogen) atoms. The fraction of sp³-hybridized carbons (Fsp3) is 0.636. The lowest BCUT2D eigenvalue weighted by Crippen LogP contribution is -2.25. The van der Waals surface area contributed by atoms with E-state index >= 15 is 0 Å². The standard InChI is InChI=1S/C11H13ClF3N3O/c12-10-16-8(11(13,14)15)7-9(17-10)19-6-5-18-3-1-2-4-18/h7H,1-6H2. The van der Waals surface area contributed by atoms with Crippen molar-refractivity contribution in [1.82, 2.24) is 14.9 Å². The Morgan fingerprint density at radius 2 is 1.95 bits per heavy atom. The normalized spacial score (nSPS) is 16.8. The summed E-state index contributed by atoms with van der Waals surface area (Å²) in [6.07, 6.45) is -2.26. The highest BCUT2D eigenvalue weighted by Crippen LogP contribution is 2.30. The lowest BCUT2D eigenvalue weighted by atomic mass is 10.4. The first-order valence-electron chi connectivity index (χ1n) is 5.92. The third-order valence-electron chi connectivity index (χ3n) is 2.82. The van der Waals surface area contributed by atoms with Crippen LogP contribution in [0.2, 0.25) is 5.28 Å². The maximum atomic E-state index is 12.5. The van der Waals surface area contributed by atoms with E-state index in [1.54, 1.807) is 0 Å². The van der Waals surface area contributed by atoms with Crippen LogP contribution in [0.1, 0.15) is 18.5 Å². The van der Waals surface area contributed by atoms with Crippen LogP contribution in [0, 0.1) is 0 Å². The number of halogens is 4. The van der Waals surface area contributed by atoms with E-state index in [0.717, 1.165) is 32.0 Å². The smallest absolute Gasteiger partial charge is 0.433 e. The lowest BCUT2D eigenvalue weighted by Gasteiger charge is -2.15. The van der Waals surface area contributed by atoms with Crippen LogP contribution in [0.5, 0.6) is 5.88 Å². The molecule has 1 aromatic rings. The van der Waals surface area contributed by atoms with Crippen LogP contribution in [0.25, 0.3) is 0 Å². The number of aromatic nitrogens is 2. The van der Waals surface area contributed by atoms with Crippen LogP contribution in [0.4, 0.5) is 13.2 Å². The maximum Gasteiger partial charge on any atom is 0.433 e. The van der Waals surface area contributed by atoms with Gasteiger partial charge in [0.1, 0.15) is 6.61 Å². The van der Waals surface area contributed by atoms with Gasteiger partial charge in [-0.1, -0.05) is 0 Å². The molecule has 1 saturated heterocycles. The van der Waals surface area contributed by atoms with E-state index in [-0.39, 0.29) is 12.5 Å². The van der Waals surface area contributed by atoms with Gasteiger partial charge in [-0.25, -0.2) is 4.98 Å². The van der Waals surface area contributed by atoms with E-state index in [1.165, 1.54) is 0 Å². The molecule has 1 fully saturated rings. The maximum absolute atomic E-state index is 12.5. The minimum absolute atomic E-state index is 0.147. The zero-order valence-electron chi connectivity index (χ0n) is 10.1. The highest BCUT2D eigenvalue weighted by atomic mass is 35.5. The molecule has 2 heterocycles. The van der Waals surface area contributed by atoms with E-state index in [4.69, 9.17) is 16.3 Å². The Hall–Kier alpha value is -1.08. The summed E-state index contributed by atoms with van der Waals surface area (Å²) in [4.78, 5) is 8.94. The molecule has 4 nitrogen and oxygen atoms in total. The van der Waals surface area contributed by atoms with E-state index < -0.39 is 17.2 Å². The van der Waals surface area contributed by atoms with Gasteiger partial charge in [0, 0.05) is 12.6 Å². The van der Waals surface area contributed by atoms with Crippen molar-refractivity contribution in [2.75, 3.05) is 26.2 Å². The Labute approximate surface area is 113 Å². The number of alkyl halides is 3. The van der Waals surface area contributed by atoms with Gasteiger partial charge in [-0.15, -0.1) is 0 Å². The monoisotopic (exact) mass is 295 g/mol. The van der Waals surface area contributed by atoms with Crippen LogP contribution >= 0.6 is 11.6 Å². The molecule has 0 amide bonds. The van der Waals surface area contributed by atoms with E-state index in [1.807, 2.05) is 0 Å². The zero-order valence-corrected chi connectivity index (χ0v) is 10.8. The molecule has 1 aliphatic heterocycles. The highest BCUT2D eigenvalue weighted by Gasteiger charge is 2.33. The van der Waals surface area contributed by atoms with Crippen LogP contribution in [0.3, 0.4) is 0 Å². The summed E-state index contributed by atoms with van der Waals surface area (Å²) in [6, 6.07) is 0.760. The van der Waals surface area contributed by atoms with Crippen molar-refractivity contribution in [2.45, 2.75) is 19.0 Å². The molecule has 0 unspecified atom stereocenters. The second kappa shape index (κ2) is 5.92. The van der Waals surface area contributed by atoms with Gasteiger partial charge >= 0.3 is 6.18 Å². The van der Waals surface area contributed by atoms with Crippen LogP contribution in [0.15, 0.2) is 6.07 Å². The van der Waals surface area contributed by atoms with Crippen molar-refractivity contribution in [3.8, 4) is 5.88 Å². The van der Waals surface area contributed by atoms with E-state index in [0.29, 0.717) is 6.54 Å². The third kappa shape index (κ3) is 4.21. The molecule has 2 rings (SSSR count). The second-order valence-electron chi connectivity index (χ2n) is 4.26. The molecule has 0 atom stereocenters. The van der Waals surface area contributed by atoms with Gasteiger partial charge in [0.25, 0.3) is 0 Å². The minimum atomic E-state index is -4.56. The summed E-state index contributed by atoms with van der Waals surface area (Å²) >= 11 is 5.45. The molecule has 1 aliphatic rings. The summed E-state index contributed by atoms with van der Waals surface area (Å²) in [6.45, 7) is 2.96. The summed E-state index contributed by atoms with van der Waals surface area (Å²) in [5.41, 5.74) is -1.09. The fourth-order valence-electron chi connectivity index (χ4n) is 1.90. The quantitative estimate of drug-likeness (QED) is 0.801. The molecule has 8 heteroatoms. The molecule has 0 aliphatic carbocycles. The Morgan fingerprint density at radius 1 is 1.26 bits per heavy atom. The molecular weight excluding hydrogens is 283 g/mol. The Balaban J connectivity index is 1.94. The molecule has 106 valence electrons. The largest absolute Gasteiger partial charge is 0.476 e. The molecule has 0 spiro atoms. The highest BCUT2D eigenvalue weighted by molar-refractivity contribution is 6.28. The first-order chi connectivity index (χ1) is 8.95. The van der Waals surface area contributed by atoms with Gasteiger partial charge in [0.05, 0.1) is 0 Å². The number of nitrogens with zero attached hydrogens (tertiary/aromatic N) is 3. The second-order valence-corrected chi connectivity index (χ2v) is 4.59. The number of rotatable bonds is 4. The number of hydrogen-bond acceptors (Lipinski definition) is 4. The topological polar surface area (TPSA) is 38.2 Å². The molecule has 0 saturated carbocycles. The molecular formula is C11H13ClF3N3O. The van der Waals surface area contributed by atoms with Gasteiger partial charge in [0.15, 0.2) is 5.69 Å². The summed E-state index contributed by atoms with van der Waals surface area (Å²) in [5.74, 6) is -0.147. The van der Waals surface area contributed by atoms with Gasteiger partial charge in [-0.05, 0) is 37.5 Å². The van der Waals surface area contributed by atoms with Gasteiger partial charge in [0.2, 0.25) is 11.2 Å². The van der Waals surface area contributed by atoms with Crippen molar-refractivity contribution in [1.29, 1.82) is 0 Å². The zero-order chi connectivity index (χ0) is 13.9. The first-order valence-corrected chi connectivity index (χ1v) is 6.30. The Morgan fingerprint density at radius 3 is 2.58 bits per heavy atom. The van der Waals surface area contributed by atoms with E-state index in [9.17, 15) is 13.2 Å². The van der Waals surface area contributed by atoms with Gasteiger partial charge in [-0.2, -0.15) is 18.2 Å². The average Bonchev–Trinajstić information content (AvgIpc) is 2.80. The molecule has 1 aromatic heterocycles.